The Morgan fingerprint density at radius 1 is 1.06 bits per heavy atom. The molecule has 0 amide bonds. The maximum absolute atomic E-state index is 2.21. The van der Waals surface area contributed by atoms with Gasteiger partial charge in [-0.1, -0.05) is 29.9 Å². The summed E-state index contributed by atoms with van der Waals surface area (Å²) in [4.78, 5) is 0. The molecule has 0 aliphatic carbocycles. The first-order chi connectivity index (χ1) is 7.52. The Bertz CT molecular complexity index is 524. The van der Waals surface area contributed by atoms with E-state index in [0.717, 1.165) is 0 Å². The summed E-state index contributed by atoms with van der Waals surface area (Å²) in [5.74, 6) is 0. The largest absolute Gasteiger partial charge is 0.0841 e. The van der Waals surface area contributed by atoms with Crippen molar-refractivity contribution in [1.82, 2.24) is 0 Å². The van der Waals surface area contributed by atoms with Gasteiger partial charge in [0.25, 0.3) is 0 Å². The maximum atomic E-state index is 2.21. The van der Waals surface area contributed by atoms with Crippen molar-refractivity contribution in [1.29, 1.82) is 0 Å². The second-order valence-electron chi connectivity index (χ2n) is 4.48. The third kappa shape index (κ3) is 2.27. The van der Waals surface area contributed by atoms with E-state index in [0.29, 0.717) is 0 Å². The summed E-state index contributed by atoms with van der Waals surface area (Å²) >= 11 is 0. The molecule has 0 N–H and O–H groups in total. The van der Waals surface area contributed by atoms with Crippen LogP contribution in [0, 0.1) is 6.92 Å². The van der Waals surface area contributed by atoms with Gasteiger partial charge in [-0.3, -0.25) is 0 Å². The van der Waals surface area contributed by atoms with Gasteiger partial charge in [0.05, 0.1) is 0 Å². The van der Waals surface area contributed by atoms with E-state index in [2.05, 4.69) is 65.8 Å². The van der Waals surface area contributed by atoms with E-state index < -0.39 is 0 Å². The van der Waals surface area contributed by atoms with Gasteiger partial charge in [-0.25, -0.2) is 0 Å². The van der Waals surface area contributed by atoms with E-state index in [9.17, 15) is 0 Å². The monoisotopic (exact) mass is 214 g/mol. The van der Waals surface area contributed by atoms with Crippen LogP contribution in [-0.4, -0.2) is 0 Å². The molecule has 0 aromatic heterocycles. The minimum absolute atomic E-state index is 1.34. The van der Waals surface area contributed by atoms with E-state index in [-0.39, 0.29) is 0 Å². The smallest absolute Gasteiger partial charge is 0.0123 e. The Hall–Kier alpha value is -1.30. The number of hydrogen-bond acceptors (Lipinski definition) is 0. The molecule has 0 spiro atoms. The second kappa shape index (κ2) is 5.16. The SMILES string of the molecule is C/C=C(/C)c1c(C)cc/c(=C/C)c1=C(C)C. The Morgan fingerprint density at radius 2 is 1.69 bits per heavy atom. The minimum atomic E-state index is 1.34. The highest BCUT2D eigenvalue weighted by atomic mass is 14.1. The third-order valence-electron chi connectivity index (χ3n) is 3.08. The molecule has 0 atom stereocenters. The van der Waals surface area contributed by atoms with Gasteiger partial charge < -0.3 is 0 Å². The molecule has 0 aliphatic heterocycles. The number of aryl methyl sites for hydroxylation is 1. The predicted molar refractivity (Wildman–Crippen MR) is 74.6 cm³/mol. The van der Waals surface area contributed by atoms with Crippen molar-refractivity contribution in [3.05, 3.63) is 39.8 Å². The summed E-state index contributed by atoms with van der Waals surface area (Å²) in [6.07, 6.45) is 4.38. The lowest BCUT2D eigenvalue weighted by Gasteiger charge is -2.10. The van der Waals surface area contributed by atoms with Crippen molar-refractivity contribution in [2.24, 2.45) is 0 Å². The van der Waals surface area contributed by atoms with Crippen LogP contribution in [0.4, 0.5) is 0 Å². The molecule has 86 valence electrons. The molecule has 0 unspecified atom stereocenters. The minimum Gasteiger partial charge on any atom is -0.0841 e. The van der Waals surface area contributed by atoms with Crippen molar-refractivity contribution in [3.8, 4) is 0 Å². The van der Waals surface area contributed by atoms with Gasteiger partial charge in [-0.05, 0) is 68.7 Å². The molecule has 0 nitrogen and oxygen atoms in total. The third-order valence-corrected chi connectivity index (χ3v) is 3.08. The molecule has 1 aromatic rings. The van der Waals surface area contributed by atoms with Gasteiger partial charge in [0.15, 0.2) is 0 Å². The Kier molecular flexibility index (Phi) is 4.12. The molecule has 0 aliphatic rings. The maximum Gasteiger partial charge on any atom is -0.0123 e. The zero-order valence-electron chi connectivity index (χ0n) is 11.3. The summed E-state index contributed by atoms with van der Waals surface area (Å²) in [6.45, 7) is 13.0. The molecular weight excluding hydrogens is 192 g/mol. The Morgan fingerprint density at radius 3 is 2.12 bits per heavy atom. The lowest BCUT2D eigenvalue weighted by molar-refractivity contribution is 1.31. The van der Waals surface area contributed by atoms with E-state index in [1.807, 2.05) is 0 Å². The first kappa shape index (κ1) is 12.8. The molecule has 16 heavy (non-hydrogen) atoms. The van der Waals surface area contributed by atoms with Crippen LogP contribution >= 0.6 is 0 Å². The molecule has 0 heteroatoms. The quantitative estimate of drug-likeness (QED) is 0.672. The fourth-order valence-electron chi connectivity index (χ4n) is 2.15. The summed E-state index contributed by atoms with van der Waals surface area (Å²) in [6, 6.07) is 4.42. The molecule has 1 rings (SSSR count). The zero-order valence-corrected chi connectivity index (χ0v) is 11.3. The molecule has 1 aromatic carbocycles. The van der Waals surface area contributed by atoms with Crippen molar-refractivity contribution >= 4 is 17.2 Å². The first-order valence-electron chi connectivity index (χ1n) is 5.89. The van der Waals surface area contributed by atoms with Crippen molar-refractivity contribution in [3.63, 3.8) is 0 Å². The van der Waals surface area contributed by atoms with Crippen LogP contribution < -0.4 is 10.4 Å². The normalized spacial score (nSPS) is 13.1. The second-order valence-corrected chi connectivity index (χ2v) is 4.48. The lowest BCUT2D eigenvalue weighted by atomic mass is 9.95. The summed E-state index contributed by atoms with van der Waals surface area (Å²) in [5.41, 5.74) is 5.50. The van der Waals surface area contributed by atoms with Crippen molar-refractivity contribution < 1.29 is 0 Å². The highest BCUT2D eigenvalue weighted by Gasteiger charge is 2.04. The zero-order chi connectivity index (χ0) is 12.3. The number of rotatable bonds is 1. The standard InChI is InChI=1S/C16H22/c1-7-12(5)16-13(6)9-10-14(8-2)15(16)11(3)4/h7-10H,1-6H3/b12-7-,14-8-. The fraction of sp³-hybridized carbons (Fsp3) is 0.375. The lowest BCUT2D eigenvalue weighted by Crippen LogP contribution is -2.30. The molecule has 0 saturated heterocycles. The van der Waals surface area contributed by atoms with Crippen LogP contribution in [0.5, 0.6) is 0 Å². The first-order valence-corrected chi connectivity index (χ1v) is 5.89. The fourth-order valence-corrected chi connectivity index (χ4v) is 2.15. The van der Waals surface area contributed by atoms with E-state index >= 15 is 0 Å². The van der Waals surface area contributed by atoms with Crippen LogP contribution in [0.15, 0.2) is 18.2 Å². The van der Waals surface area contributed by atoms with Gasteiger partial charge in [0, 0.05) is 0 Å². The number of allylic oxidation sites excluding steroid dienone is 2. The topological polar surface area (TPSA) is 0 Å². The summed E-state index contributed by atoms with van der Waals surface area (Å²) in [7, 11) is 0. The van der Waals surface area contributed by atoms with Gasteiger partial charge in [0.1, 0.15) is 0 Å². The van der Waals surface area contributed by atoms with Crippen LogP contribution in [0.2, 0.25) is 0 Å². The van der Waals surface area contributed by atoms with Gasteiger partial charge in [0.2, 0.25) is 0 Å². The predicted octanol–water partition coefficient (Wildman–Crippen LogP) is 3.41. The highest BCUT2D eigenvalue weighted by molar-refractivity contribution is 5.69. The summed E-state index contributed by atoms with van der Waals surface area (Å²) in [5, 5.41) is 2.74. The highest BCUT2D eigenvalue weighted by Crippen LogP contribution is 2.13. The average Bonchev–Trinajstić information content (AvgIpc) is 2.27. The van der Waals surface area contributed by atoms with Gasteiger partial charge in [-0.15, -0.1) is 0 Å². The summed E-state index contributed by atoms with van der Waals surface area (Å²) < 4.78 is 0. The number of benzene rings is 1. The molecule has 0 radical (unpaired) electrons. The van der Waals surface area contributed by atoms with Gasteiger partial charge in [-0.2, -0.15) is 0 Å². The van der Waals surface area contributed by atoms with E-state index in [1.165, 1.54) is 32.7 Å². The van der Waals surface area contributed by atoms with E-state index in [4.69, 9.17) is 0 Å². The molecule has 0 heterocycles. The average molecular weight is 214 g/mol. The molecule has 0 saturated carbocycles. The van der Waals surface area contributed by atoms with Crippen LogP contribution in [0.3, 0.4) is 0 Å². The van der Waals surface area contributed by atoms with Crippen LogP contribution in [0.1, 0.15) is 45.7 Å². The molecule has 0 bridgehead atoms. The molecular formula is C16H22. The van der Waals surface area contributed by atoms with Crippen molar-refractivity contribution in [2.45, 2.75) is 41.5 Å². The van der Waals surface area contributed by atoms with Gasteiger partial charge >= 0.3 is 0 Å². The molecule has 0 fully saturated rings. The Labute approximate surface area is 99.0 Å². The van der Waals surface area contributed by atoms with Crippen molar-refractivity contribution in [2.75, 3.05) is 0 Å². The van der Waals surface area contributed by atoms with Crippen LogP contribution in [0.25, 0.3) is 17.2 Å². The Balaban J connectivity index is 3.94. The van der Waals surface area contributed by atoms with Crippen LogP contribution in [-0.2, 0) is 0 Å². The number of hydrogen-bond donors (Lipinski definition) is 0. The van der Waals surface area contributed by atoms with E-state index in [1.54, 1.807) is 0 Å².